The molecule has 0 saturated heterocycles. The van der Waals surface area contributed by atoms with Gasteiger partial charge in [-0.15, -0.1) is 0 Å². The van der Waals surface area contributed by atoms with E-state index in [1.54, 1.807) is 0 Å². The van der Waals surface area contributed by atoms with Gasteiger partial charge in [-0.05, 0) is 30.3 Å². The molecule has 23 heavy (non-hydrogen) atoms. The molecule has 2 heteroatoms. The average molecular weight is 297 g/mol. The molecule has 0 bridgehead atoms. The van der Waals surface area contributed by atoms with Crippen LogP contribution in [0.1, 0.15) is 11.3 Å². The summed E-state index contributed by atoms with van der Waals surface area (Å²) in [4.78, 5) is 0. The minimum Gasteiger partial charge on any atom is -0.454 e. The lowest BCUT2D eigenvalue weighted by molar-refractivity contribution is 0.462. The Bertz CT molecular complexity index is 1010. The normalized spacial score (nSPS) is 12.5. The van der Waals surface area contributed by atoms with Crippen molar-refractivity contribution < 1.29 is 4.74 Å². The Morgan fingerprint density at radius 1 is 0.739 bits per heavy atom. The Balaban J connectivity index is 1.84. The lowest BCUT2D eigenvalue weighted by Crippen LogP contribution is -2.07. The van der Waals surface area contributed by atoms with Crippen LogP contribution in [-0.2, 0) is 6.42 Å². The summed E-state index contributed by atoms with van der Waals surface area (Å²) in [6.45, 7) is 0. The number of rotatable bonds is 1. The summed E-state index contributed by atoms with van der Waals surface area (Å²) >= 11 is 0. The highest BCUT2D eigenvalue weighted by atomic mass is 16.5. The van der Waals surface area contributed by atoms with Crippen LogP contribution < -0.4 is 4.74 Å². The summed E-state index contributed by atoms with van der Waals surface area (Å²) in [5.41, 5.74) is 4.82. The molecule has 0 N–H and O–H groups in total. The highest BCUT2D eigenvalue weighted by Gasteiger charge is 2.25. The van der Waals surface area contributed by atoms with E-state index in [-0.39, 0.29) is 0 Å². The Labute approximate surface area is 134 Å². The Morgan fingerprint density at radius 3 is 2.39 bits per heavy atom. The Kier molecular flexibility index (Phi) is 2.59. The van der Waals surface area contributed by atoms with E-state index in [1.165, 1.54) is 27.8 Å². The molecule has 0 amide bonds. The van der Waals surface area contributed by atoms with E-state index < -0.39 is 0 Å². The molecule has 0 unspecified atom stereocenters. The number of benzene rings is 3. The van der Waals surface area contributed by atoms with E-state index in [0.717, 1.165) is 17.9 Å². The lowest BCUT2D eigenvalue weighted by atomic mass is 10.0. The minimum absolute atomic E-state index is 0.884. The summed E-state index contributed by atoms with van der Waals surface area (Å²) in [6, 6.07) is 27.2. The molecule has 0 fully saturated rings. The highest BCUT2D eigenvalue weighted by Crippen LogP contribution is 2.44. The van der Waals surface area contributed by atoms with Crippen LogP contribution >= 0.6 is 0 Å². The number of hydrogen-bond donors (Lipinski definition) is 0. The topological polar surface area (TPSA) is 14.2 Å². The van der Waals surface area contributed by atoms with Crippen molar-refractivity contribution in [2.45, 2.75) is 6.42 Å². The van der Waals surface area contributed by atoms with Gasteiger partial charge in [0.2, 0.25) is 0 Å². The zero-order chi connectivity index (χ0) is 15.2. The third-order valence-corrected chi connectivity index (χ3v) is 4.48. The van der Waals surface area contributed by atoms with Gasteiger partial charge < -0.3 is 9.30 Å². The third kappa shape index (κ3) is 1.82. The Hall–Kier alpha value is -3.00. The van der Waals surface area contributed by atoms with Crippen molar-refractivity contribution >= 4 is 10.9 Å². The molecule has 3 aromatic carbocycles. The van der Waals surface area contributed by atoms with Crippen LogP contribution in [0.15, 0.2) is 78.9 Å². The van der Waals surface area contributed by atoms with Crippen molar-refractivity contribution in [3.05, 3.63) is 90.1 Å². The largest absolute Gasteiger partial charge is 0.454 e. The quantitative estimate of drug-likeness (QED) is 0.408. The SMILES string of the molecule is c1ccc(-n2c3c(c4ccccc42)Oc2ccccc2C3)cc1. The van der Waals surface area contributed by atoms with E-state index in [4.69, 9.17) is 4.74 Å². The summed E-state index contributed by atoms with van der Waals surface area (Å²) in [7, 11) is 0. The molecule has 0 saturated carbocycles. The first kappa shape index (κ1) is 12.5. The molecular weight excluding hydrogens is 282 g/mol. The summed E-state index contributed by atoms with van der Waals surface area (Å²) < 4.78 is 8.59. The van der Waals surface area contributed by atoms with Gasteiger partial charge in [-0.1, -0.05) is 48.5 Å². The van der Waals surface area contributed by atoms with Gasteiger partial charge in [0.15, 0.2) is 5.75 Å². The fraction of sp³-hybridized carbons (Fsp3) is 0.0476. The summed E-state index contributed by atoms with van der Waals surface area (Å²) in [5, 5.41) is 1.17. The molecule has 110 valence electrons. The molecule has 0 atom stereocenters. The van der Waals surface area contributed by atoms with E-state index in [9.17, 15) is 0 Å². The van der Waals surface area contributed by atoms with Crippen LogP contribution in [0, 0.1) is 0 Å². The molecular formula is C21H15NO. The summed E-state index contributed by atoms with van der Waals surface area (Å²) in [5.74, 6) is 1.96. The van der Waals surface area contributed by atoms with Gasteiger partial charge in [0.25, 0.3) is 0 Å². The van der Waals surface area contributed by atoms with Crippen molar-refractivity contribution in [3.63, 3.8) is 0 Å². The van der Waals surface area contributed by atoms with Gasteiger partial charge in [0.1, 0.15) is 5.75 Å². The third-order valence-electron chi connectivity index (χ3n) is 4.48. The molecule has 1 aromatic heterocycles. The van der Waals surface area contributed by atoms with Crippen molar-refractivity contribution in [2.75, 3.05) is 0 Å². The van der Waals surface area contributed by atoms with Crippen molar-refractivity contribution in [2.24, 2.45) is 0 Å². The van der Waals surface area contributed by atoms with E-state index in [0.29, 0.717) is 0 Å². The standard InChI is InChI=1S/C21H15NO/c1-2-9-16(10-3-1)22-18-12-6-5-11-17(18)21-19(22)14-15-8-4-7-13-20(15)23-21/h1-13H,14H2. The summed E-state index contributed by atoms with van der Waals surface area (Å²) in [6.07, 6.45) is 0.884. The number of nitrogens with zero attached hydrogens (tertiary/aromatic N) is 1. The van der Waals surface area contributed by atoms with Crippen LogP contribution in [-0.4, -0.2) is 4.57 Å². The first-order valence-corrected chi connectivity index (χ1v) is 7.85. The predicted molar refractivity (Wildman–Crippen MR) is 92.6 cm³/mol. The second-order valence-electron chi connectivity index (χ2n) is 5.85. The first-order valence-electron chi connectivity index (χ1n) is 7.85. The number of fused-ring (bicyclic) bond motifs is 4. The van der Waals surface area contributed by atoms with Crippen LogP contribution in [0.3, 0.4) is 0 Å². The maximum atomic E-state index is 6.27. The maximum Gasteiger partial charge on any atom is 0.156 e. The van der Waals surface area contributed by atoms with Gasteiger partial charge >= 0.3 is 0 Å². The van der Waals surface area contributed by atoms with Crippen molar-refractivity contribution in [3.8, 4) is 17.2 Å². The van der Waals surface area contributed by atoms with Crippen LogP contribution in [0.4, 0.5) is 0 Å². The van der Waals surface area contributed by atoms with Crippen molar-refractivity contribution in [1.29, 1.82) is 0 Å². The lowest BCUT2D eigenvalue weighted by Gasteiger charge is -2.19. The smallest absolute Gasteiger partial charge is 0.156 e. The minimum atomic E-state index is 0.884. The maximum absolute atomic E-state index is 6.27. The molecule has 1 aliphatic rings. The molecule has 0 radical (unpaired) electrons. The number of para-hydroxylation sites is 3. The van der Waals surface area contributed by atoms with E-state index in [2.05, 4.69) is 65.2 Å². The van der Waals surface area contributed by atoms with Crippen LogP contribution in [0.25, 0.3) is 16.6 Å². The second kappa shape index (κ2) is 4.75. The molecule has 1 aliphatic heterocycles. The Morgan fingerprint density at radius 2 is 1.48 bits per heavy atom. The molecule has 2 heterocycles. The van der Waals surface area contributed by atoms with Gasteiger partial charge in [-0.3, -0.25) is 0 Å². The first-order chi connectivity index (χ1) is 11.4. The van der Waals surface area contributed by atoms with Gasteiger partial charge in [0, 0.05) is 23.1 Å². The number of hydrogen-bond acceptors (Lipinski definition) is 1. The van der Waals surface area contributed by atoms with Gasteiger partial charge in [0.05, 0.1) is 11.2 Å². The molecule has 0 aliphatic carbocycles. The van der Waals surface area contributed by atoms with Crippen LogP contribution in [0.2, 0.25) is 0 Å². The highest BCUT2D eigenvalue weighted by molar-refractivity contribution is 5.91. The zero-order valence-corrected chi connectivity index (χ0v) is 12.6. The zero-order valence-electron chi connectivity index (χ0n) is 12.6. The van der Waals surface area contributed by atoms with Gasteiger partial charge in [-0.25, -0.2) is 0 Å². The van der Waals surface area contributed by atoms with Gasteiger partial charge in [-0.2, -0.15) is 0 Å². The van der Waals surface area contributed by atoms with Crippen molar-refractivity contribution in [1.82, 2.24) is 4.57 Å². The van der Waals surface area contributed by atoms with Crippen LogP contribution in [0.5, 0.6) is 11.5 Å². The van der Waals surface area contributed by atoms with E-state index >= 15 is 0 Å². The average Bonchev–Trinajstić information content (AvgIpc) is 2.94. The monoisotopic (exact) mass is 297 g/mol. The second-order valence-corrected chi connectivity index (χ2v) is 5.85. The number of ether oxygens (including phenoxy) is 1. The fourth-order valence-electron chi connectivity index (χ4n) is 3.45. The predicted octanol–water partition coefficient (Wildman–Crippen LogP) is 5.33. The number of aromatic nitrogens is 1. The molecule has 4 aromatic rings. The van der Waals surface area contributed by atoms with E-state index in [1.807, 2.05) is 18.2 Å². The fourth-order valence-corrected chi connectivity index (χ4v) is 3.45. The molecule has 2 nitrogen and oxygen atoms in total. The molecule has 5 rings (SSSR count). The molecule has 0 spiro atoms.